The summed E-state index contributed by atoms with van der Waals surface area (Å²) in [5.74, 6) is 1.07. The normalized spacial score (nSPS) is 14.1. The van der Waals surface area contributed by atoms with E-state index in [0.29, 0.717) is 36.0 Å². The number of hydrogen-bond donors (Lipinski definition) is 2. The van der Waals surface area contributed by atoms with Gasteiger partial charge in [-0.2, -0.15) is 0 Å². The fourth-order valence-electron chi connectivity index (χ4n) is 3.43. The third-order valence-corrected chi connectivity index (χ3v) is 6.75. The van der Waals surface area contributed by atoms with Crippen LogP contribution in [0.25, 0.3) is 0 Å². The molecule has 1 aliphatic heterocycles. The lowest BCUT2D eigenvalue weighted by atomic mass is 10.1. The highest BCUT2D eigenvalue weighted by molar-refractivity contribution is 7.92. The molecular formula is C25H26N2O5S. The van der Waals surface area contributed by atoms with Crippen LogP contribution in [0.1, 0.15) is 40.9 Å². The summed E-state index contributed by atoms with van der Waals surface area (Å²) in [5, 5.41) is 2.94. The Hall–Kier alpha value is -3.52. The second kappa shape index (κ2) is 9.54. The van der Waals surface area contributed by atoms with Crippen molar-refractivity contribution in [1.29, 1.82) is 0 Å². The van der Waals surface area contributed by atoms with Gasteiger partial charge < -0.3 is 14.8 Å². The molecule has 33 heavy (non-hydrogen) atoms. The molecule has 1 unspecified atom stereocenters. The third kappa shape index (κ3) is 5.46. The van der Waals surface area contributed by atoms with E-state index in [9.17, 15) is 13.2 Å². The zero-order valence-electron chi connectivity index (χ0n) is 18.5. The molecule has 7 nitrogen and oxygen atoms in total. The van der Waals surface area contributed by atoms with Crippen molar-refractivity contribution in [1.82, 2.24) is 5.32 Å². The first-order chi connectivity index (χ1) is 15.8. The first-order valence-corrected chi connectivity index (χ1v) is 12.2. The standard InChI is InChI=1S/C25H26N2O5S/c1-17-4-9-21(10-5-17)27-33(29,30)22-11-6-19(7-12-22)25(28)26-18(2)20-8-13-23-24(16-20)32-15-3-14-31-23/h4-13,16,18,27H,3,14-15H2,1-2H3,(H,26,28). The Bertz CT molecular complexity index is 1240. The highest BCUT2D eigenvalue weighted by Gasteiger charge is 2.18. The van der Waals surface area contributed by atoms with Crippen LogP contribution < -0.4 is 19.5 Å². The van der Waals surface area contributed by atoms with Gasteiger partial charge >= 0.3 is 0 Å². The second-order valence-electron chi connectivity index (χ2n) is 7.95. The molecule has 1 heterocycles. The van der Waals surface area contributed by atoms with Crippen molar-refractivity contribution >= 4 is 21.6 Å². The highest BCUT2D eigenvalue weighted by Crippen LogP contribution is 2.32. The van der Waals surface area contributed by atoms with Gasteiger partial charge in [-0.05, 0) is 67.9 Å². The first kappa shape index (κ1) is 22.7. The van der Waals surface area contributed by atoms with Gasteiger partial charge in [0.15, 0.2) is 11.5 Å². The number of carbonyl (C=O) groups excluding carboxylic acids is 1. The van der Waals surface area contributed by atoms with Gasteiger partial charge in [0, 0.05) is 17.7 Å². The van der Waals surface area contributed by atoms with Crippen LogP contribution in [0.2, 0.25) is 0 Å². The Morgan fingerprint density at radius 2 is 1.58 bits per heavy atom. The van der Waals surface area contributed by atoms with Crippen LogP contribution in [-0.4, -0.2) is 27.5 Å². The number of rotatable bonds is 6. The lowest BCUT2D eigenvalue weighted by Crippen LogP contribution is -2.26. The molecule has 1 aliphatic rings. The van der Waals surface area contributed by atoms with E-state index in [-0.39, 0.29) is 16.8 Å². The maximum Gasteiger partial charge on any atom is 0.261 e. The molecule has 172 valence electrons. The van der Waals surface area contributed by atoms with E-state index in [4.69, 9.17) is 9.47 Å². The van der Waals surface area contributed by atoms with E-state index in [1.807, 2.05) is 44.2 Å². The fraction of sp³-hybridized carbons (Fsp3) is 0.240. The minimum absolute atomic E-state index is 0.0792. The minimum Gasteiger partial charge on any atom is -0.490 e. The monoisotopic (exact) mass is 466 g/mol. The Balaban J connectivity index is 1.42. The molecule has 0 bridgehead atoms. The number of anilines is 1. The van der Waals surface area contributed by atoms with Gasteiger partial charge in [0.05, 0.1) is 24.2 Å². The molecule has 2 N–H and O–H groups in total. The average molecular weight is 467 g/mol. The van der Waals surface area contributed by atoms with Gasteiger partial charge in [-0.1, -0.05) is 23.8 Å². The molecule has 0 spiro atoms. The van der Waals surface area contributed by atoms with Crippen molar-refractivity contribution < 1.29 is 22.7 Å². The summed E-state index contributed by atoms with van der Waals surface area (Å²) in [5.41, 5.74) is 2.76. The van der Waals surface area contributed by atoms with Gasteiger partial charge in [-0.15, -0.1) is 0 Å². The summed E-state index contributed by atoms with van der Waals surface area (Å²) in [6, 6.07) is 18.2. The molecule has 0 radical (unpaired) electrons. The zero-order valence-corrected chi connectivity index (χ0v) is 19.3. The quantitative estimate of drug-likeness (QED) is 0.560. The van der Waals surface area contributed by atoms with E-state index in [2.05, 4.69) is 10.0 Å². The van der Waals surface area contributed by atoms with Crippen molar-refractivity contribution in [3.8, 4) is 11.5 Å². The molecule has 3 aromatic rings. The van der Waals surface area contributed by atoms with Crippen molar-refractivity contribution in [2.45, 2.75) is 31.2 Å². The molecule has 0 saturated carbocycles. The van der Waals surface area contributed by atoms with E-state index >= 15 is 0 Å². The molecule has 3 aromatic carbocycles. The molecule has 0 aliphatic carbocycles. The van der Waals surface area contributed by atoms with Gasteiger partial charge in [0.2, 0.25) is 0 Å². The van der Waals surface area contributed by atoms with Gasteiger partial charge in [-0.3, -0.25) is 9.52 Å². The molecular weight excluding hydrogens is 440 g/mol. The lowest BCUT2D eigenvalue weighted by Gasteiger charge is -2.17. The van der Waals surface area contributed by atoms with Crippen molar-refractivity contribution in [3.05, 3.63) is 83.4 Å². The summed E-state index contributed by atoms with van der Waals surface area (Å²) >= 11 is 0. The number of fused-ring (bicyclic) bond motifs is 1. The van der Waals surface area contributed by atoms with Crippen LogP contribution in [0.4, 0.5) is 5.69 Å². The van der Waals surface area contributed by atoms with E-state index < -0.39 is 10.0 Å². The number of ether oxygens (including phenoxy) is 2. The molecule has 0 fully saturated rings. The van der Waals surface area contributed by atoms with Crippen LogP contribution >= 0.6 is 0 Å². The first-order valence-electron chi connectivity index (χ1n) is 10.7. The zero-order chi connectivity index (χ0) is 23.4. The predicted octanol–water partition coefficient (Wildman–Crippen LogP) is 4.45. The summed E-state index contributed by atoms with van der Waals surface area (Å²) in [4.78, 5) is 12.8. The van der Waals surface area contributed by atoms with E-state index in [1.165, 1.54) is 24.3 Å². The number of sulfonamides is 1. The molecule has 4 rings (SSSR count). The topological polar surface area (TPSA) is 93.7 Å². The largest absolute Gasteiger partial charge is 0.490 e. The predicted molar refractivity (Wildman–Crippen MR) is 126 cm³/mol. The van der Waals surface area contributed by atoms with Crippen LogP contribution in [0.15, 0.2) is 71.6 Å². The summed E-state index contributed by atoms with van der Waals surface area (Å²) in [7, 11) is -3.75. The van der Waals surface area contributed by atoms with E-state index in [0.717, 1.165) is 17.5 Å². The number of amides is 1. The van der Waals surface area contributed by atoms with Crippen molar-refractivity contribution in [2.75, 3.05) is 17.9 Å². The Morgan fingerprint density at radius 3 is 2.27 bits per heavy atom. The fourth-order valence-corrected chi connectivity index (χ4v) is 4.49. The van der Waals surface area contributed by atoms with Crippen molar-refractivity contribution in [3.63, 3.8) is 0 Å². The van der Waals surface area contributed by atoms with Gasteiger partial charge in [0.25, 0.3) is 15.9 Å². The van der Waals surface area contributed by atoms with Crippen LogP contribution in [-0.2, 0) is 10.0 Å². The summed E-state index contributed by atoms with van der Waals surface area (Å²) in [6.07, 6.45) is 0.822. The minimum atomic E-state index is -3.75. The summed E-state index contributed by atoms with van der Waals surface area (Å²) < 4.78 is 39.2. The van der Waals surface area contributed by atoms with Crippen molar-refractivity contribution in [2.24, 2.45) is 0 Å². The second-order valence-corrected chi connectivity index (χ2v) is 9.63. The van der Waals surface area contributed by atoms with Crippen LogP contribution in [0.5, 0.6) is 11.5 Å². The molecule has 1 atom stereocenters. The number of carbonyl (C=O) groups is 1. The maximum atomic E-state index is 12.7. The third-order valence-electron chi connectivity index (χ3n) is 5.35. The Labute approximate surface area is 193 Å². The number of nitrogens with one attached hydrogen (secondary N) is 2. The molecule has 0 aromatic heterocycles. The number of aryl methyl sites for hydroxylation is 1. The molecule has 0 saturated heterocycles. The Morgan fingerprint density at radius 1 is 0.909 bits per heavy atom. The molecule has 1 amide bonds. The molecule has 8 heteroatoms. The van der Waals surface area contributed by atoms with Gasteiger partial charge in [-0.25, -0.2) is 8.42 Å². The van der Waals surface area contributed by atoms with Crippen LogP contribution in [0.3, 0.4) is 0 Å². The number of hydrogen-bond acceptors (Lipinski definition) is 5. The average Bonchev–Trinajstić information content (AvgIpc) is 3.05. The van der Waals surface area contributed by atoms with Crippen LogP contribution in [0, 0.1) is 6.92 Å². The summed E-state index contributed by atoms with van der Waals surface area (Å²) in [6.45, 7) is 5.01. The SMILES string of the molecule is Cc1ccc(NS(=O)(=O)c2ccc(C(=O)NC(C)c3ccc4c(c3)OCCCO4)cc2)cc1. The maximum absolute atomic E-state index is 12.7. The number of benzene rings is 3. The van der Waals surface area contributed by atoms with E-state index in [1.54, 1.807) is 12.1 Å². The lowest BCUT2D eigenvalue weighted by molar-refractivity contribution is 0.0939. The van der Waals surface area contributed by atoms with Gasteiger partial charge in [0.1, 0.15) is 0 Å². The smallest absolute Gasteiger partial charge is 0.261 e. The Kier molecular flexibility index (Phi) is 6.55. The highest BCUT2D eigenvalue weighted by atomic mass is 32.2.